The van der Waals surface area contributed by atoms with Crippen LogP contribution in [0.15, 0.2) is 0 Å². The summed E-state index contributed by atoms with van der Waals surface area (Å²) in [6.45, 7) is 4.89. The zero-order valence-electron chi connectivity index (χ0n) is 7.84. The number of halogens is 2. The van der Waals surface area contributed by atoms with Crippen molar-refractivity contribution in [3.8, 4) is 0 Å². The summed E-state index contributed by atoms with van der Waals surface area (Å²) in [4.78, 5) is 1.93. The van der Waals surface area contributed by atoms with Crippen molar-refractivity contribution in [2.75, 3.05) is 26.2 Å². The Bertz CT molecular complexity index is 186. The van der Waals surface area contributed by atoms with E-state index in [1.165, 1.54) is 0 Å². The fraction of sp³-hybridized carbons (Fsp3) is 1.00. The molecule has 2 rings (SSSR count). The highest BCUT2D eigenvalue weighted by Gasteiger charge is 2.42. The lowest BCUT2D eigenvalue weighted by Crippen LogP contribution is -2.36. The second kappa shape index (κ2) is 3.50. The van der Waals surface area contributed by atoms with Crippen molar-refractivity contribution in [1.29, 1.82) is 0 Å². The van der Waals surface area contributed by atoms with E-state index in [2.05, 4.69) is 12.2 Å². The molecule has 2 nitrogen and oxygen atoms in total. The molecule has 2 heterocycles. The van der Waals surface area contributed by atoms with Crippen LogP contribution in [0.4, 0.5) is 8.78 Å². The van der Waals surface area contributed by atoms with E-state index in [1.807, 2.05) is 4.90 Å². The predicted molar refractivity (Wildman–Crippen MR) is 46.9 cm³/mol. The van der Waals surface area contributed by atoms with E-state index in [1.54, 1.807) is 0 Å². The number of rotatable bonds is 2. The molecule has 3 unspecified atom stereocenters. The molecule has 0 aliphatic carbocycles. The Balaban J connectivity index is 1.94. The van der Waals surface area contributed by atoms with Gasteiger partial charge in [-0.3, -0.25) is 4.90 Å². The molecule has 0 aromatic heterocycles. The Kier molecular flexibility index (Phi) is 2.51. The van der Waals surface area contributed by atoms with Crippen LogP contribution in [0.3, 0.4) is 0 Å². The Hall–Kier alpha value is -0.220. The molecule has 2 aliphatic heterocycles. The van der Waals surface area contributed by atoms with Gasteiger partial charge in [0.15, 0.2) is 0 Å². The first kappa shape index (κ1) is 9.34. The topological polar surface area (TPSA) is 15.3 Å². The van der Waals surface area contributed by atoms with Crippen LogP contribution in [0.5, 0.6) is 0 Å². The van der Waals surface area contributed by atoms with Gasteiger partial charge in [0.25, 0.3) is 6.43 Å². The first-order valence-electron chi connectivity index (χ1n) is 4.91. The summed E-state index contributed by atoms with van der Waals surface area (Å²) in [6.07, 6.45) is -2.19. The van der Waals surface area contributed by atoms with Crippen LogP contribution in [0.2, 0.25) is 0 Å². The highest BCUT2D eigenvalue weighted by atomic mass is 19.3. The van der Waals surface area contributed by atoms with Crippen LogP contribution in [-0.2, 0) is 0 Å². The molecule has 2 aliphatic rings. The monoisotopic (exact) mass is 190 g/mol. The minimum Gasteiger partial charge on any atom is -0.316 e. The van der Waals surface area contributed by atoms with E-state index in [0.717, 1.165) is 19.6 Å². The number of fused-ring (bicyclic) bond motifs is 1. The molecule has 13 heavy (non-hydrogen) atoms. The van der Waals surface area contributed by atoms with Gasteiger partial charge in [0.2, 0.25) is 0 Å². The molecule has 0 radical (unpaired) electrons. The second-order valence-electron chi connectivity index (χ2n) is 4.17. The SMILES string of the molecule is CC1C2CNCC2CN1CC(F)F. The van der Waals surface area contributed by atoms with Gasteiger partial charge in [0.05, 0.1) is 6.54 Å². The average Bonchev–Trinajstić information content (AvgIpc) is 2.56. The Morgan fingerprint density at radius 3 is 2.85 bits per heavy atom. The molecule has 0 amide bonds. The van der Waals surface area contributed by atoms with E-state index in [-0.39, 0.29) is 6.54 Å². The maximum absolute atomic E-state index is 12.2. The molecular weight excluding hydrogens is 174 g/mol. The summed E-state index contributed by atoms with van der Waals surface area (Å²) in [5, 5.41) is 3.31. The fourth-order valence-corrected chi connectivity index (χ4v) is 2.67. The van der Waals surface area contributed by atoms with E-state index in [9.17, 15) is 8.78 Å². The van der Waals surface area contributed by atoms with Crippen molar-refractivity contribution in [3.63, 3.8) is 0 Å². The van der Waals surface area contributed by atoms with E-state index in [4.69, 9.17) is 0 Å². The smallest absolute Gasteiger partial charge is 0.251 e. The summed E-state index contributed by atoms with van der Waals surface area (Å²) >= 11 is 0. The maximum Gasteiger partial charge on any atom is 0.251 e. The van der Waals surface area contributed by atoms with Gasteiger partial charge in [-0.25, -0.2) is 8.78 Å². The van der Waals surface area contributed by atoms with Gasteiger partial charge >= 0.3 is 0 Å². The molecule has 2 fully saturated rings. The molecular formula is C9H16F2N2. The molecule has 0 aromatic rings. The first-order chi connectivity index (χ1) is 6.18. The van der Waals surface area contributed by atoms with Crippen molar-refractivity contribution in [2.24, 2.45) is 11.8 Å². The number of nitrogens with zero attached hydrogens (tertiary/aromatic N) is 1. The number of nitrogens with one attached hydrogen (secondary N) is 1. The van der Waals surface area contributed by atoms with Gasteiger partial charge in [0.1, 0.15) is 0 Å². The lowest BCUT2D eigenvalue weighted by atomic mass is 9.95. The van der Waals surface area contributed by atoms with Crippen molar-refractivity contribution in [1.82, 2.24) is 10.2 Å². The molecule has 76 valence electrons. The largest absolute Gasteiger partial charge is 0.316 e. The number of alkyl halides is 2. The Morgan fingerprint density at radius 2 is 2.23 bits per heavy atom. The highest BCUT2D eigenvalue weighted by molar-refractivity contribution is 4.96. The van der Waals surface area contributed by atoms with Gasteiger partial charge in [-0.05, 0) is 31.8 Å². The van der Waals surface area contributed by atoms with Gasteiger partial charge in [-0.15, -0.1) is 0 Å². The quantitative estimate of drug-likeness (QED) is 0.692. The average molecular weight is 190 g/mol. The Labute approximate surface area is 77.3 Å². The predicted octanol–water partition coefficient (Wildman–Crippen LogP) is 0.791. The molecule has 1 N–H and O–H groups in total. The molecule has 0 spiro atoms. The van der Waals surface area contributed by atoms with E-state index in [0.29, 0.717) is 17.9 Å². The minimum atomic E-state index is -2.19. The van der Waals surface area contributed by atoms with Crippen LogP contribution >= 0.6 is 0 Å². The molecule has 4 heteroatoms. The third kappa shape index (κ3) is 1.70. The van der Waals surface area contributed by atoms with Crippen LogP contribution < -0.4 is 5.32 Å². The van der Waals surface area contributed by atoms with E-state index >= 15 is 0 Å². The van der Waals surface area contributed by atoms with Crippen molar-refractivity contribution in [3.05, 3.63) is 0 Å². The lowest BCUT2D eigenvalue weighted by Gasteiger charge is -2.23. The fourth-order valence-electron chi connectivity index (χ4n) is 2.67. The molecule has 0 saturated carbocycles. The summed E-state index contributed by atoms with van der Waals surface area (Å²) in [6, 6.07) is 0.328. The first-order valence-corrected chi connectivity index (χ1v) is 4.91. The number of hydrogen-bond donors (Lipinski definition) is 1. The van der Waals surface area contributed by atoms with Crippen LogP contribution in [0.1, 0.15) is 6.92 Å². The third-order valence-electron chi connectivity index (χ3n) is 3.43. The van der Waals surface area contributed by atoms with Crippen molar-refractivity contribution >= 4 is 0 Å². The number of hydrogen-bond acceptors (Lipinski definition) is 2. The summed E-state index contributed by atoms with van der Waals surface area (Å²) in [5.74, 6) is 1.20. The van der Waals surface area contributed by atoms with Crippen LogP contribution in [0.25, 0.3) is 0 Å². The zero-order valence-corrected chi connectivity index (χ0v) is 7.84. The molecule has 2 saturated heterocycles. The zero-order chi connectivity index (χ0) is 9.42. The summed E-state index contributed by atoms with van der Waals surface area (Å²) < 4.78 is 24.4. The van der Waals surface area contributed by atoms with Crippen molar-refractivity contribution in [2.45, 2.75) is 19.4 Å². The molecule has 0 bridgehead atoms. The molecule has 3 atom stereocenters. The summed E-state index contributed by atoms with van der Waals surface area (Å²) in [7, 11) is 0. The summed E-state index contributed by atoms with van der Waals surface area (Å²) in [5.41, 5.74) is 0. The third-order valence-corrected chi connectivity index (χ3v) is 3.43. The van der Waals surface area contributed by atoms with Crippen LogP contribution in [0, 0.1) is 11.8 Å². The minimum absolute atomic E-state index is 0.0475. The lowest BCUT2D eigenvalue weighted by molar-refractivity contribution is 0.0799. The van der Waals surface area contributed by atoms with Gasteiger partial charge in [0, 0.05) is 12.6 Å². The Morgan fingerprint density at radius 1 is 1.46 bits per heavy atom. The molecule has 0 aromatic carbocycles. The van der Waals surface area contributed by atoms with Crippen molar-refractivity contribution < 1.29 is 8.78 Å². The maximum atomic E-state index is 12.2. The van der Waals surface area contributed by atoms with Crippen LogP contribution in [-0.4, -0.2) is 43.5 Å². The van der Waals surface area contributed by atoms with Gasteiger partial charge < -0.3 is 5.32 Å². The standard InChI is InChI=1S/C9H16F2N2/c1-6-8-3-12-2-7(8)4-13(6)5-9(10)11/h6-9,12H,2-5H2,1H3. The number of likely N-dealkylation sites (tertiary alicyclic amines) is 1. The van der Waals surface area contributed by atoms with E-state index < -0.39 is 6.43 Å². The second-order valence-corrected chi connectivity index (χ2v) is 4.17. The normalized spacial score (nSPS) is 40.2. The van der Waals surface area contributed by atoms with Gasteiger partial charge in [-0.1, -0.05) is 0 Å². The van der Waals surface area contributed by atoms with Gasteiger partial charge in [-0.2, -0.15) is 0 Å². The highest BCUT2D eigenvalue weighted by Crippen LogP contribution is 2.32.